The first-order chi connectivity index (χ1) is 24.2. The number of imide groups is 5. The number of nitrogens with zero attached hydrogens (tertiary/aromatic N) is 2. The zero-order valence-corrected chi connectivity index (χ0v) is 31.6. The van der Waals surface area contributed by atoms with Crippen LogP contribution in [-0.2, 0) is 19.1 Å². The van der Waals surface area contributed by atoms with E-state index in [0.717, 1.165) is 41.7 Å². The first-order valence-electron chi connectivity index (χ1n) is 18.2. The fourth-order valence-electron chi connectivity index (χ4n) is 7.57. The Labute approximate surface area is 313 Å². The van der Waals surface area contributed by atoms with E-state index in [0.29, 0.717) is 23.7 Å². The van der Waals surface area contributed by atoms with Gasteiger partial charge < -0.3 is 14.8 Å². The normalized spacial score (nSPS) is 25.7. The van der Waals surface area contributed by atoms with Crippen molar-refractivity contribution in [2.24, 2.45) is 0 Å². The van der Waals surface area contributed by atoms with Gasteiger partial charge in [-0.25, -0.2) is 24.1 Å². The predicted octanol–water partition coefficient (Wildman–Crippen LogP) is 8.39. The highest BCUT2D eigenvalue weighted by molar-refractivity contribution is 6.20. The molecule has 53 heavy (non-hydrogen) atoms. The van der Waals surface area contributed by atoms with Crippen molar-refractivity contribution >= 4 is 36.1 Å². The minimum atomic E-state index is -1.46. The molecule has 4 fully saturated rings. The quantitative estimate of drug-likeness (QED) is 0.292. The molecule has 2 saturated carbocycles. The summed E-state index contributed by atoms with van der Waals surface area (Å²) >= 11 is 0. The second-order valence-corrected chi connectivity index (χ2v) is 16.6. The number of carbonyl (C=O) groups is 6. The molecule has 2 heterocycles. The van der Waals surface area contributed by atoms with Gasteiger partial charge in [-0.15, -0.1) is 0 Å². The van der Waals surface area contributed by atoms with Crippen LogP contribution in [0.4, 0.5) is 19.2 Å². The van der Waals surface area contributed by atoms with Crippen LogP contribution in [0, 0.1) is 13.8 Å². The van der Waals surface area contributed by atoms with Crippen molar-refractivity contribution in [2.75, 3.05) is 0 Å². The Morgan fingerprint density at radius 1 is 0.679 bits per heavy atom. The maximum atomic E-state index is 13.5. The highest BCUT2D eigenvalue weighted by Crippen LogP contribution is 2.46. The minimum absolute atomic E-state index is 0. The van der Waals surface area contributed by atoms with E-state index in [4.69, 9.17) is 9.47 Å². The van der Waals surface area contributed by atoms with E-state index >= 15 is 0 Å². The van der Waals surface area contributed by atoms with Crippen LogP contribution in [0.15, 0.2) is 48.5 Å². The maximum absolute atomic E-state index is 13.5. The minimum Gasteiger partial charge on any atom is -0.443 e. The van der Waals surface area contributed by atoms with Gasteiger partial charge in [-0.05, 0) is 130 Å². The Hall–Kier alpha value is -4.74. The lowest BCUT2D eigenvalue weighted by Crippen LogP contribution is -2.55. The number of ether oxygens (including phenoxy) is 2. The molecule has 0 aromatic heterocycles. The predicted molar refractivity (Wildman–Crippen MR) is 200 cm³/mol. The molecule has 2 spiro atoms. The highest BCUT2D eigenvalue weighted by Gasteiger charge is 2.64. The third-order valence-corrected chi connectivity index (χ3v) is 10.3. The number of urea groups is 2. The molecule has 4 aliphatic rings. The number of aryl methyl sites for hydroxylation is 2. The van der Waals surface area contributed by atoms with Crippen LogP contribution < -0.4 is 10.6 Å². The summed E-state index contributed by atoms with van der Waals surface area (Å²) in [6.07, 6.45) is 2.99. The lowest BCUT2D eigenvalue weighted by Gasteiger charge is -2.40. The van der Waals surface area contributed by atoms with Gasteiger partial charge in [-0.1, -0.05) is 67.1 Å². The summed E-state index contributed by atoms with van der Waals surface area (Å²) < 4.78 is 10.8. The first-order valence-corrected chi connectivity index (χ1v) is 18.2. The lowest BCUT2D eigenvalue weighted by molar-refractivity contribution is -0.134. The van der Waals surface area contributed by atoms with Crippen molar-refractivity contribution in [2.45, 2.75) is 148 Å². The van der Waals surface area contributed by atoms with Gasteiger partial charge in [0.2, 0.25) is 0 Å². The summed E-state index contributed by atoms with van der Waals surface area (Å²) in [7, 11) is 0. The summed E-state index contributed by atoms with van der Waals surface area (Å²) in [5.41, 5.74) is 1.03. The molecule has 2 aliphatic heterocycles. The number of nitrogens with one attached hydrogen (secondary N) is 2. The Morgan fingerprint density at radius 2 is 1.09 bits per heavy atom. The van der Waals surface area contributed by atoms with Crippen molar-refractivity contribution < 1.29 is 38.2 Å². The monoisotopic (exact) mass is 732 g/mol. The van der Waals surface area contributed by atoms with E-state index in [-0.39, 0.29) is 38.1 Å². The third-order valence-electron chi connectivity index (χ3n) is 10.3. The molecule has 2 N–H and O–H groups in total. The molecule has 12 nitrogen and oxygen atoms in total. The van der Waals surface area contributed by atoms with Gasteiger partial charge in [0, 0.05) is 0 Å². The first kappa shape index (κ1) is 41.0. The van der Waals surface area contributed by atoms with Gasteiger partial charge in [0.05, 0.1) is 0 Å². The van der Waals surface area contributed by atoms with E-state index in [2.05, 4.69) is 54.0 Å². The van der Waals surface area contributed by atoms with E-state index in [1.807, 2.05) is 19.1 Å². The van der Waals surface area contributed by atoms with Gasteiger partial charge >= 0.3 is 24.2 Å². The molecule has 12 heteroatoms. The van der Waals surface area contributed by atoms with Crippen molar-refractivity contribution in [3.05, 3.63) is 70.8 Å². The third kappa shape index (κ3) is 8.91. The van der Waals surface area contributed by atoms with E-state index in [1.165, 1.54) is 11.1 Å². The lowest BCUT2D eigenvalue weighted by atomic mass is 9.73. The van der Waals surface area contributed by atoms with Crippen molar-refractivity contribution in [3.63, 3.8) is 0 Å². The summed E-state index contributed by atoms with van der Waals surface area (Å²) in [5, 5.41) is 5.15. The number of hydrogen-bond donors (Lipinski definition) is 2. The van der Waals surface area contributed by atoms with Crippen LogP contribution in [0.1, 0.15) is 134 Å². The van der Waals surface area contributed by atoms with Crippen molar-refractivity contribution in [1.82, 2.24) is 20.4 Å². The zero-order valence-electron chi connectivity index (χ0n) is 31.6. The van der Waals surface area contributed by atoms with Gasteiger partial charge in [0.1, 0.15) is 22.3 Å². The fourth-order valence-corrected chi connectivity index (χ4v) is 7.57. The van der Waals surface area contributed by atoms with Crippen molar-refractivity contribution in [1.29, 1.82) is 0 Å². The van der Waals surface area contributed by atoms with E-state index in [9.17, 15) is 28.8 Å². The van der Waals surface area contributed by atoms with Gasteiger partial charge in [0.15, 0.2) is 0 Å². The summed E-state index contributed by atoms with van der Waals surface area (Å²) in [6.45, 7) is 14.1. The van der Waals surface area contributed by atoms with Crippen molar-refractivity contribution in [3.8, 4) is 0 Å². The Bertz CT molecular complexity index is 1710. The van der Waals surface area contributed by atoms with Gasteiger partial charge in [0.25, 0.3) is 11.8 Å². The van der Waals surface area contributed by atoms with E-state index < -0.39 is 46.4 Å². The maximum Gasteiger partial charge on any atom is 0.425 e. The number of amides is 8. The van der Waals surface area contributed by atoms with Crippen LogP contribution in [-0.4, -0.2) is 68.1 Å². The number of rotatable bonds is 2. The average Bonchev–Trinajstić information content (AvgIpc) is 3.44. The molecule has 288 valence electrons. The van der Waals surface area contributed by atoms with Gasteiger partial charge in [-0.2, -0.15) is 4.90 Å². The zero-order chi connectivity index (χ0) is 38.2. The second-order valence-electron chi connectivity index (χ2n) is 16.6. The molecule has 0 bridgehead atoms. The molecule has 0 unspecified atom stereocenters. The van der Waals surface area contributed by atoms with Crippen LogP contribution in [0.5, 0.6) is 0 Å². The molecule has 2 aromatic carbocycles. The number of carbonyl (C=O) groups excluding carboxylic acids is 6. The smallest absolute Gasteiger partial charge is 0.425 e. The molecular weight excluding hydrogens is 676 g/mol. The molecule has 6 rings (SSSR count). The topological polar surface area (TPSA) is 151 Å². The van der Waals surface area contributed by atoms with Crippen LogP contribution in [0.25, 0.3) is 0 Å². The number of hydrogen-bond acceptors (Lipinski definition) is 8. The molecule has 2 aliphatic carbocycles. The second kappa shape index (κ2) is 15.3. The SMILES string of the molecule is C.Cc1ccc(C2CCC3(CC2)C(=O)N(C(=O)OC(C)(C)C)C(=O)N3C(=O)OC(C)(C)C)cc1.Cc1ccc(C2CCC3(CC2)NC(=O)NC3=O)cc1. The van der Waals surface area contributed by atoms with Crippen LogP contribution >= 0.6 is 0 Å². The largest absolute Gasteiger partial charge is 0.443 e. The molecule has 2 aromatic rings. The average molecular weight is 733 g/mol. The molecular formula is C41H56N4O8. The molecule has 8 amide bonds. The summed E-state index contributed by atoms with van der Waals surface area (Å²) in [6, 6.07) is 15.5. The molecule has 0 atom stereocenters. The fraction of sp³-hybridized carbons (Fsp3) is 0.561. The Kier molecular flexibility index (Phi) is 11.9. The highest BCUT2D eigenvalue weighted by atomic mass is 16.6. The standard InChI is InChI=1S/C25H34N2O6.C15H18N2O2.CH4/c1-16-8-10-17(11-9-16)18-12-14-25(15-13-18)19(28)26(21(30)32-23(2,3)4)20(29)27(25)22(31)33-24(5,6)7;1-10-2-4-11(5-3-10)12-6-8-15(9-7-12)13(18)16-14(19)17-15;/h8-11,18H,12-15H2,1-7H3;2-5,12H,6-9H2,1H3,(H2,16,17,18,19);1H4. The summed E-state index contributed by atoms with van der Waals surface area (Å²) in [4.78, 5) is 77.1. The van der Waals surface area contributed by atoms with E-state index in [1.54, 1.807) is 41.5 Å². The van der Waals surface area contributed by atoms with Crippen LogP contribution in [0.3, 0.4) is 0 Å². The Balaban J connectivity index is 0.000000265. The Morgan fingerprint density at radius 3 is 1.49 bits per heavy atom. The summed E-state index contributed by atoms with van der Waals surface area (Å²) in [5.74, 6) is -0.193. The molecule has 0 radical (unpaired) electrons. The van der Waals surface area contributed by atoms with Gasteiger partial charge in [-0.3, -0.25) is 14.9 Å². The van der Waals surface area contributed by atoms with Crippen LogP contribution in [0.2, 0.25) is 0 Å². The molecule has 2 saturated heterocycles. The number of benzene rings is 2.